The Morgan fingerprint density at radius 2 is 1.91 bits per heavy atom. The Labute approximate surface area is 198 Å². The standard InChI is InChI=1S/C24H23ClN3O2S2/c1-4-26-19-13-17(25)11-12-20(19)31-22(26)14-23-27(5-2)24(30)21(32-23)15-28(16(3)29)18-9-7-6-8-10-18/h6-15H,4-5H2,1-3H3/q+1. The minimum absolute atomic E-state index is 0.0989. The Hall–Kier alpha value is -2.74. The summed E-state index contributed by atoms with van der Waals surface area (Å²) in [5.41, 5.74) is 1.71. The van der Waals surface area contributed by atoms with Gasteiger partial charge >= 0.3 is 0 Å². The highest BCUT2D eigenvalue weighted by atomic mass is 35.5. The summed E-state index contributed by atoms with van der Waals surface area (Å²) in [7, 11) is 0. The number of hydrogen-bond donors (Lipinski definition) is 0. The van der Waals surface area contributed by atoms with Crippen LogP contribution in [0.4, 0.5) is 5.69 Å². The molecular weight excluding hydrogens is 462 g/mol. The summed E-state index contributed by atoms with van der Waals surface area (Å²) >= 11 is 9.27. The largest absolute Gasteiger partial charge is 0.299 e. The number of anilines is 1. The number of para-hydroxylation sites is 1. The number of halogens is 1. The number of hydrogen-bond acceptors (Lipinski definition) is 4. The molecule has 0 unspecified atom stereocenters. The Kier molecular flexibility index (Phi) is 6.60. The third kappa shape index (κ3) is 4.28. The fourth-order valence-electron chi connectivity index (χ4n) is 3.60. The second kappa shape index (κ2) is 9.40. The second-order valence-electron chi connectivity index (χ2n) is 7.15. The van der Waals surface area contributed by atoms with E-state index in [0.29, 0.717) is 16.1 Å². The maximum Gasteiger partial charge on any atom is 0.270 e. The minimum Gasteiger partial charge on any atom is -0.299 e. The number of rotatable bonds is 5. The first-order valence-electron chi connectivity index (χ1n) is 10.3. The zero-order valence-corrected chi connectivity index (χ0v) is 20.4. The van der Waals surface area contributed by atoms with Crippen LogP contribution in [0.5, 0.6) is 0 Å². The van der Waals surface area contributed by atoms with E-state index < -0.39 is 0 Å². The van der Waals surface area contributed by atoms with Gasteiger partial charge in [-0.15, -0.1) is 11.3 Å². The predicted octanol–water partition coefficient (Wildman–Crippen LogP) is 3.73. The number of thiazole rings is 2. The van der Waals surface area contributed by atoms with Crippen LogP contribution in [0, 0.1) is 0 Å². The van der Waals surface area contributed by atoms with Gasteiger partial charge in [0.05, 0.1) is 6.08 Å². The van der Waals surface area contributed by atoms with Gasteiger partial charge in [-0.2, -0.15) is 4.57 Å². The third-order valence-corrected chi connectivity index (χ3v) is 7.52. The number of aromatic nitrogens is 2. The quantitative estimate of drug-likeness (QED) is 0.405. The summed E-state index contributed by atoms with van der Waals surface area (Å²) in [5.74, 6) is -0.150. The van der Waals surface area contributed by atoms with Gasteiger partial charge in [0.25, 0.3) is 10.6 Å². The Morgan fingerprint density at radius 3 is 2.56 bits per heavy atom. The van der Waals surface area contributed by atoms with Crippen molar-refractivity contribution in [3.05, 3.63) is 78.1 Å². The number of amides is 1. The lowest BCUT2D eigenvalue weighted by atomic mass is 10.3. The molecule has 0 aliphatic heterocycles. The van der Waals surface area contributed by atoms with Crippen LogP contribution in [-0.2, 0) is 17.9 Å². The third-order valence-electron chi connectivity index (χ3n) is 5.13. The first-order chi connectivity index (χ1) is 15.4. The van der Waals surface area contributed by atoms with Gasteiger partial charge in [0.2, 0.25) is 11.4 Å². The fraction of sp³-hybridized carbons (Fsp3) is 0.208. The van der Waals surface area contributed by atoms with Crippen molar-refractivity contribution in [2.24, 2.45) is 0 Å². The van der Waals surface area contributed by atoms with E-state index in [1.807, 2.05) is 55.5 Å². The molecule has 0 saturated heterocycles. The van der Waals surface area contributed by atoms with Gasteiger partial charge in [-0.25, -0.2) is 0 Å². The lowest BCUT2D eigenvalue weighted by Crippen LogP contribution is -2.35. The van der Waals surface area contributed by atoms with Gasteiger partial charge in [0.1, 0.15) is 20.4 Å². The van der Waals surface area contributed by atoms with Gasteiger partial charge in [-0.1, -0.05) is 41.1 Å². The number of fused-ring (bicyclic) bond motifs is 1. The van der Waals surface area contributed by atoms with Gasteiger partial charge in [0, 0.05) is 36.4 Å². The molecule has 0 atom stereocenters. The van der Waals surface area contributed by atoms with Crippen molar-refractivity contribution in [2.45, 2.75) is 33.9 Å². The second-order valence-corrected chi connectivity index (χ2v) is 9.71. The molecule has 2 aromatic carbocycles. The van der Waals surface area contributed by atoms with Crippen molar-refractivity contribution in [2.75, 3.05) is 4.90 Å². The zero-order valence-electron chi connectivity index (χ0n) is 18.0. The molecule has 164 valence electrons. The summed E-state index contributed by atoms with van der Waals surface area (Å²) in [6.07, 6.45) is 3.70. The number of benzene rings is 2. The van der Waals surface area contributed by atoms with E-state index in [1.54, 1.807) is 22.1 Å². The summed E-state index contributed by atoms with van der Waals surface area (Å²) in [6.45, 7) is 6.88. The molecule has 0 fully saturated rings. The highest BCUT2D eigenvalue weighted by Crippen LogP contribution is 2.24. The van der Waals surface area contributed by atoms with Crippen LogP contribution in [0.15, 0.2) is 53.3 Å². The molecular formula is C24H23ClN3O2S2+. The molecule has 0 aliphatic carbocycles. The highest BCUT2D eigenvalue weighted by molar-refractivity contribution is 7.19. The van der Waals surface area contributed by atoms with E-state index in [0.717, 1.165) is 32.1 Å². The predicted molar refractivity (Wildman–Crippen MR) is 134 cm³/mol. The molecule has 1 amide bonds. The van der Waals surface area contributed by atoms with Crippen molar-refractivity contribution < 1.29 is 9.36 Å². The summed E-state index contributed by atoms with van der Waals surface area (Å²) in [6, 6.07) is 15.2. The maximum atomic E-state index is 13.1. The Morgan fingerprint density at radius 1 is 1.16 bits per heavy atom. The molecule has 8 heteroatoms. The van der Waals surface area contributed by atoms with Crippen molar-refractivity contribution in [3.8, 4) is 0 Å². The van der Waals surface area contributed by atoms with E-state index in [1.165, 1.54) is 23.2 Å². The van der Waals surface area contributed by atoms with Crippen LogP contribution < -0.4 is 24.2 Å². The molecule has 0 saturated carbocycles. The van der Waals surface area contributed by atoms with Crippen molar-refractivity contribution in [3.63, 3.8) is 0 Å². The first-order valence-corrected chi connectivity index (χ1v) is 12.3. The highest BCUT2D eigenvalue weighted by Gasteiger charge is 2.18. The fourth-order valence-corrected chi connectivity index (χ4v) is 6.06. The summed E-state index contributed by atoms with van der Waals surface area (Å²) in [5, 5.41) is 1.75. The van der Waals surface area contributed by atoms with Gasteiger partial charge in [0.15, 0.2) is 0 Å². The topological polar surface area (TPSA) is 46.2 Å². The summed E-state index contributed by atoms with van der Waals surface area (Å²) in [4.78, 5) is 26.9. The van der Waals surface area contributed by atoms with E-state index in [-0.39, 0.29) is 11.5 Å². The lowest BCUT2D eigenvalue weighted by molar-refractivity contribution is -0.665. The lowest BCUT2D eigenvalue weighted by Gasteiger charge is -2.15. The molecule has 0 radical (unpaired) electrons. The van der Waals surface area contributed by atoms with E-state index in [4.69, 9.17) is 11.6 Å². The summed E-state index contributed by atoms with van der Waals surface area (Å²) < 4.78 is 6.45. The van der Waals surface area contributed by atoms with Crippen LogP contribution >= 0.6 is 34.3 Å². The Bertz CT molecular complexity index is 1470. The Balaban J connectivity index is 1.91. The molecule has 0 N–H and O–H groups in total. The molecule has 0 spiro atoms. The minimum atomic E-state index is -0.150. The monoisotopic (exact) mass is 484 g/mol. The van der Waals surface area contributed by atoms with Crippen LogP contribution in [-0.4, -0.2) is 10.5 Å². The van der Waals surface area contributed by atoms with Crippen LogP contribution in [0.3, 0.4) is 0 Å². The maximum absolute atomic E-state index is 13.1. The van der Waals surface area contributed by atoms with Gasteiger partial charge in [-0.05, 0) is 38.1 Å². The van der Waals surface area contributed by atoms with E-state index in [9.17, 15) is 9.59 Å². The number of nitrogens with zero attached hydrogens (tertiary/aromatic N) is 3. The van der Waals surface area contributed by atoms with E-state index in [2.05, 4.69) is 17.6 Å². The first kappa shape index (κ1) is 22.5. The van der Waals surface area contributed by atoms with Gasteiger partial charge in [-0.3, -0.25) is 19.1 Å². The average Bonchev–Trinajstić information content (AvgIpc) is 3.27. The average molecular weight is 485 g/mol. The normalized spacial score (nSPS) is 12.6. The molecule has 4 aromatic rings. The van der Waals surface area contributed by atoms with Crippen molar-refractivity contribution in [1.29, 1.82) is 0 Å². The SMILES string of the molecule is CCn1c(=Cc2sc3ccc(Cl)cc3[n+]2CC)sc(=CN(C(C)=O)c2ccccc2)c1=O. The van der Waals surface area contributed by atoms with Crippen LogP contribution in [0.1, 0.15) is 25.8 Å². The van der Waals surface area contributed by atoms with Gasteiger partial charge < -0.3 is 0 Å². The molecule has 5 nitrogen and oxygen atoms in total. The molecule has 0 bridgehead atoms. The zero-order chi connectivity index (χ0) is 22.8. The molecule has 2 aromatic heterocycles. The van der Waals surface area contributed by atoms with Crippen molar-refractivity contribution >= 4 is 68.4 Å². The van der Waals surface area contributed by atoms with Crippen molar-refractivity contribution in [1.82, 2.24) is 4.57 Å². The molecule has 2 heterocycles. The molecule has 32 heavy (non-hydrogen) atoms. The van der Waals surface area contributed by atoms with Crippen LogP contribution in [0.2, 0.25) is 5.02 Å². The molecule has 0 aliphatic rings. The van der Waals surface area contributed by atoms with E-state index >= 15 is 0 Å². The number of aryl methyl sites for hydroxylation is 1. The van der Waals surface area contributed by atoms with Crippen LogP contribution in [0.25, 0.3) is 22.5 Å². The number of carbonyl (C=O) groups excluding carboxylic acids is 1. The molecule has 4 rings (SSSR count). The number of carbonyl (C=O) groups is 1. The smallest absolute Gasteiger partial charge is 0.270 e.